The molecule has 2 heteroatoms. The molecular weight excluding hydrogens is 220 g/mol. The van der Waals surface area contributed by atoms with E-state index in [1.807, 2.05) is 38.1 Å². The van der Waals surface area contributed by atoms with E-state index in [1.165, 1.54) is 0 Å². The molecule has 0 aliphatic carbocycles. The number of aryl methyl sites for hydroxylation is 2. The number of phenolic OH excluding ortho intramolecular Hbond substituents is 1. The molecule has 0 spiro atoms. The molecule has 1 nitrogen and oxygen atoms in total. The predicted octanol–water partition coefficient (Wildman–Crippen LogP) is 4.33. The smallest absolute Gasteiger partial charge is 0.116 e. The second kappa shape index (κ2) is 4.18. The average molecular weight is 233 g/mol. The lowest BCUT2D eigenvalue weighted by Crippen LogP contribution is -1.82. The van der Waals surface area contributed by atoms with Crippen molar-refractivity contribution in [3.05, 3.63) is 52.5 Å². The molecule has 0 bridgehead atoms. The predicted molar refractivity (Wildman–Crippen MR) is 68.0 cm³/mol. The maximum absolute atomic E-state index is 9.55. The van der Waals surface area contributed by atoms with Gasteiger partial charge >= 0.3 is 0 Å². The van der Waals surface area contributed by atoms with Crippen molar-refractivity contribution >= 4 is 11.6 Å². The molecule has 0 unspecified atom stereocenters. The van der Waals surface area contributed by atoms with Gasteiger partial charge in [0.05, 0.1) is 0 Å². The van der Waals surface area contributed by atoms with Gasteiger partial charge in [-0.25, -0.2) is 0 Å². The Morgan fingerprint density at radius 1 is 0.938 bits per heavy atom. The van der Waals surface area contributed by atoms with Crippen LogP contribution < -0.4 is 0 Å². The van der Waals surface area contributed by atoms with Crippen molar-refractivity contribution in [3.63, 3.8) is 0 Å². The monoisotopic (exact) mass is 232 g/mol. The van der Waals surface area contributed by atoms with Gasteiger partial charge in [-0.1, -0.05) is 29.8 Å². The fraction of sp³-hybridized carbons (Fsp3) is 0.143. The average Bonchev–Trinajstić information content (AvgIpc) is 2.20. The normalized spacial score (nSPS) is 10.4. The second-order valence-corrected chi connectivity index (χ2v) is 4.43. The molecule has 0 aromatic heterocycles. The van der Waals surface area contributed by atoms with Gasteiger partial charge in [0.1, 0.15) is 5.75 Å². The van der Waals surface area contributed by atoms with E-state index in [0.717, 1.165) is 27.3 Å². The Labute approximate surface area is 100 Å². The molecule has 0 atom stereocenters. The quantitative estimate of drug-likeness (QED) is 0.776. The highest BCUT2D eigenvalue weighted by Gasteiger charge is 2.03. The molecule has 0 radical (unpaired) electrons. The summed E-state index contributed by atoms with van der Waals surface area (Å²) in [5.74, 6) is 0.284. The molecule has 0 saturated heterocycles. The van der Waals surface area contributed by atoms with Gasteiger partial charge in [0, 0.05) is 5.02 Å². The van der Waals surface area contributed by atoms with Gasteiger partial charge in [-0.3, -0.25) is 0 Å². The lowest BCUT2D eigenvalue weighted by molar-refractivity contribution is 0.475. The van der Waals surface area contributed by atoms with Gasteiger partial charge in [-0.15, -0.1) is 0 Å². The number of aromatic hydroxyl groups is 1. The molecule has 2 rings (SSSR count). The summed E-state index contributed by atoms with van der Waals surface area (Å²) in [5, 5.41) is 10.3. The van der Waals surface area contributed by atoms with Crippen LogP contribution in [0.3, 0.4) is 0 Å². The van der Waals surface area contributed by atoms with Crippen molar-refractivity contribution in [2.24, 2.45) is 0 Å². The summed E-state index contributed by atoms with van der Waals surface area (Å²) >= 11 is 6.08. The Hall–Kier alpha value is -1.47. The van der Waals surface area contributed by atoms with E-state index in [2.05, 4.69) is 0 Å². The summed E-state index contributed by atoms with van der Waals surface area (Å²) in [6.07, 6.45) is 0. The van der Waals surface area contributed by atoms with Crippen LogP contribution in [-0.2, 0) is 0 Å². The zero-order valence-electron chi connectivity index (χ0n) is 9.29. The Morgan fingerprint density at radius 2 is 1.69 bits per heavy atom. The minimum atomic E-state index is 0.284. The van der Waals surface area contributed by atoms with Crippen LogP contribution in [0.1, 0.15) is 11.1 Å². The zero-order chi connectivity index (χ0) is 11.7. The summed E-state index contributed by atoms with van der Waals surface area (Å²) < 4.78 is 0. The molecule has 1 N–H and O–H groups in total. The lowest BCUT2D eigenvalue weighted by atomic mass is 10.0. The number of hydrogen-bond acceptors (Lipinski definition) is 1. The van der Waals surface area contributed by atoms with Crippen LogP contribution >= 0.6 is 11.6 Å². The van der Waals surface area contributed by atoms with E-state index in [1.54, 1.807) is 12.1 Å². The van der Waals surface area contributed by atoms with Crippen molar-refractivity contribution < 1.29 is 5.11 Å². The van der Waals surface area contributed by atoms with E-state index < -0.39 is 0 Å². The van der Waals surface area contributed by atoms with E-state index in [-0.39, 0.29) is 5.75 Å². The molecule has 0 amide bonds. The van der Waals surface area contributed by atoms with E-state index in [4.69, 9.17) is 11.6 Å². The molecule has 0 fully saturated rings. The topological polar surface area (TPSA) is 20.2 Å². The van der Waals surface area contributed by atoms with Crippen LogP contribution in [0, 0.1) is 13.8 Å². The van der Waals surface area contributed by atoms with Gasteiger partial charge < -0.3 is 5.11 Å². The summed E-state index contributed by atoms with van der Waals surface area (Å²) in [7, 11) is 0. The molecule has 0 aliphatic heterocycles. The first-order valence-electron chi connectivity index (χ1n) is 5.13. The molecule has 16 heavy (non-hydrogen) atoms. The Morgan fingerprint density at radius 3 is 2.31 bits per heavy atom. The summed E-state index contributed by atoms with van der Waals surface area (Å²) in [4.78, 5) is 0. The van der Waals surface area contributed by atoms with Gasteiger partial charge in [0.25, 0.3) is 0 Å². The van der Waals surface area contributed by atoms with Crippen molar-refractivity contribution in [3.8, 4) is 16.9 Å². The fourth-order valence-corrected chi connectivity index (χ4v) is 1.88. The van der Waals surface area contributed by atoms with E-state index in [0.29, 0.717) is 0 Å². The van der Waals surface area contributed by atoms with Crippen molar-refractivity contribution in [2.75, 3.05) is 0 Å². The van der Waals surface area contributed by atoms with Crippen LogP contribution in [-0.4, -0.2) is 5.11 Å². The largest absolute Gasteiger partial charge is 0.508 e. The minimum Gasteiger partial charge on any atom is -0.508 e. The lowest BCUT2D eigenvalue weighted by Gasteiger charge is -2.06. The van der Waals surface area contributed by atoms with Gasteiger partial charge in [0.2, 0.25) is 0 Å². The summed E-state index contributed by atoms with van der Waals surface area (Å²) in [6.45, 7) is 3.93. The summed E-state index contributed by atoms with van der Waals surface area (Å²) in [5.41, 5.74) is 4.10. The van der Waals surface area contributed by atoms with Crippen LogP contribution in [0.25, 0.3) is 11.1 Å². The molecular formula is C14H13ClO. The van der Waals surface area contributed by atoms with Gasteiger partial charge in [-0.2, -0.15) is 0 Å². The molecule has 0 heterocycles. The molecule has 82 valence electrons. The number of hydrogen-bond donors (Lipinski definition) is 1. The van der Waals surface area contributed by atoms with Crippen LogP contribution in [0.2, 0.25) is 5.02 Å². The number of rotatable bonds is 1. The Bertz CT molecular complexity index is 512. The maximum atomic E-state index is 9.55. The summed E-state index contributed by atoms with van der Waals surface area (Å²) in [6, 6.07) is 11.4. The van der Waals surface area contributed by atoms with E-state index >= 15 is 0 Å². The molecule has 0 saturated carbocycles. The van der Waals surface area contributed by atoms with E-state index in [9.17, 15) is 5.11 Å². The molecule has 2 aromatic rings. The third-order valence-corrected chi connectivity index (χ3v) is 2.97. The number of phenols is 1. The van der Waals surface area contributed by atoms with Crippen molar-refractivity contribution in [2.45, 2.75) is 13.8 Å². The Kier molecular flexibility index (Phi) is 2.88. The third kappa shape index (κ3) is 2.20. The molecule has 2 aromatic carbocycles. The van der Waals surface area contributed by atoms with Crippen LogP contribution in [0.15, 0.2) is 36.4 Å². The van der Waals surface area contributed by atoms with Crippen LogP contribution in [0.4, 0.5) is 0 Å². The maximum Gasteiger partial charge on any atom is 0.116 e. The number of halogens is 1. The fourth-order valence-electron chi connectivity index (χ4n) is 1.70. The highest BCUT2D eigenvalue weighted by atomic mass is 35.5. The van der Waals surface area contributed by atoms with Gasteiger partial charge in [0.15, 0.2) is 0 Å². The third-order valence-electron chi connectivity index (χ3n) is 2.57. The zero-order valence-corrected chi connectivity index (χ0v) is 10.0. The number of benzene rings is 2. The first-order valence-corrected chi connectivity index (χ1v) is 5.51. The minimum absolute atomic E-state index is 0.284. The van der Waals surface area contributed by atoms with Gasteiger partial charge in [-0.05, 0) is 54.3 Å². The van der Waals surface area contributed by atoms with Crippen molar-refractivity contribution in [1.82, 2.24) is 0 Å². The van der Waals surface area contributed by atoms with Crippen LogP contribution in [0.5, 0.6) is 5.75 Å². The Balaban J connectivity index is 2.54. The first-order chi connectivity index (χ1) is 7.56. The highest BCUT2D eigenvalue weighted by molar-refractivity contribution is 6.31. The first kappa shape index (κ1) is 11.0. The standard InChI is InChI=1S/C14H13ClO/c1-9-5-12(7-13(16)6-9)11-4-3-10(2)14(15)8-11/h3-8,16H,1-2H3. The van der Waals surface area contributed by atoms with Crippen molar-refractivity contribution in [1.29, 1.82) is 0 Å². The molecule has 0 aliphatic rings. The second-order valence-electron chi connectivity index (χ2n) is 4.02. The highest BCUT2D eigenvalue weighted by Crippen LogP contribution is 2.28. The SMILES string of the molecule is Cc1cc(O)cc(-c2ccc(C)c(Cl)c2)c1.